The second-order valence-electron chi connectivity index (χ2n) is 7.06. The largest absolute Gasteiger partial charge is 0.392 e. The molecule has 3 atom stereocenters. The monoisotopic (exact) mass is 266 g/mol. The molecule has 0 aromatic carbocycles. The van der Waals surface area contributed by atoms with Crippen molar-refractivity contribution in [3.05, 3.63) is 0 Å². The lowest BCUT2D eigenvalue weighted by atomic mass is 9.95. The fourth-order valence-corrected chi connectivity index (χ4v) is 4.40. The number of aliphatic hydroxyl groups excluding tert-OH is 1. The van der Waals surface area contributed by atoms with Crippen LogP contribution in [-0.2, 0) is 0 Å². The van der Waals surface area contributed by atoms with E-state index in [1.165, 1.54) is 64.6 Å². The minimum Gasteiger partial charge on any atom is -0.392 e. The van der Waals surface area contributed by atoms with E-state index in [-0.39, 0.29) is 6.10 Å². The Morgan fingerprint density at radius 3 is 2.58 bits per heavy atom. The second kappa shape index (κ2) is 6.11. The summed E-state index contributed by atoms with van der Waals surface area (Å²) in [6, 6.07) is 1.38. The van der Waals surface area contributed by atoms with Crippen LogP contribution in [0.5, 0.6) is 0 Å². The molecule has 0 radical (unpaired) electrons. The molecule has 0 aromatic heterocycles. The lowest BCUT2D eigenvalue weighted by Gasteiger charge is -2.48. The number of hydrogen-bond donors (Lipinski definition) is 1. The van der Waals surface area contributed by atoms with Crippen molar-refractivity contribution in [3.63, 3.8) is 0 Å². The summed E-state index contributed by atoms with van der Waals surface area (Å²) in [7, 11) is 0. The number of nitrogens with zero attached hydrogens (tertiary/aromatic N) is 2. The van der Waals surface area contributed by atoms with E-state index in [9.17, 15) is 5.11 Å². The van der Waals surface area contributed by atoms with Crippen molar-refractivity contribution in [2.24, 2.45) is 5.92 Å². The van der Waals surface area contributed by atoms with Gasteiger partial charge in [-0.3, -0.25) is 9.80 Å². The second-order valence-corrected chi connectivity index (χ2v) is 7.06. The number of fused-ring (bicyclic) bond motifs is 1. The molecule has 3 rings (SSSR count). The van der Waals surface area contributed by atoms with E-state index in [4.69, 9.17) is 0 Å². The van der Waals surface area contributed by atoms with Crippen molar-refractivity contribution in [2.75, 3.05) is 26.2 Å². The molecule has 2 heterocycles. The number of aliphatic hydroxyl groups is 1. The fourth-order valence-electron chi connectivity index (χ4n) is 4.40. The molecular formula is C16H30N2O. The molecule has 2 aliphatic heterocycles. The van der Waals surface area contributed by atoms with Gasteiger partial charge in [-0.25, -0.2) is 0 Å². The minimum atomic E-state index is -0.0832. The van der Waals surface area contributed by atoms with Gasteiger partial charge in [0.2, 0.25) is 0 Å². The highest BCUT2D eigenvalue weighted by molar-refractivity contribution is 4.90. The molecule has 3 fully saturated rings. The molecule has 2 saturated heterocycles. The van der Waals surface area contributed by atoms with Gasteiger partial charge in [0.15, 0.2) is 0 Å². The first-order chi connectivity index (χ1) is 9.24. The molecule has 0 bridgehead atoms. The van der Waals surface area contributed by atoms with Crippen molar-refractivity contribution < 1.29 is 5.11 Å². The maximum atomic E-state index is 10.5. The third-order valence-corrected chi connectivity index (χ3v) is 5.68. The molecule has 1 aliphatic carbocycles. The zero-order valence-corrected chi connectivity index (χ0v) is 12.4. The molecule has 0 aromatic rings. The number of rotatable bonds is 3. The Bertz CT molecular complexity index is 290. The Labute approximate surface area is 118 Å². The first kappa shape index (κ1) is 13.8. The van der Waals surface area contributed by atoms with Gasteiger partial charge in [0.1, 0.15) is 0 Å². The quantitative estimate of drug-likeness (QED) is 0.847. The normalized spacial score (nSPS) is 36.3. The van der Waals surface area contributed by atoms with Gasteiger partial charge in [0.05, 0.1) is 6.10 Å². The van der Waals surface area contributed by atoms with Crippen LogP contribution < -0.4 is 0 Å². The van der Waals surface area contributed by atoms with Crippen molar-refractivity contribution in [2.45, 2.75) is 70.1 Å². The third kappa shape index (κ3) is 3.14. The summed E-state index contributed by atoms with van der Waals surface area (Å²) in [5.74, 6) is 0.580. The zero-order valence-electron chi connectivity index (χ0n) is 12.4. The van der Waals surface area contributed by atoms with E-state index in [0.29, 0.717) is 12.0 Å². The maximum Gasteiger partial charge on any atom is 0.0695 e. The summed E-state index contributed by atoms with van der Waals surface area (Å²) in [4.78, 5) is 5.25. The Kier molecular flexibility index (Phi) is 4.45. The zero-order chi connectivity index (χ0) is 13.2. The van der Waals surface area contributed by atoms with E-state index < -0.39 is 0 Å². The number of piperidine rings is 1. The van der Waals surface area contributed by atoms with Gasteiger partial charge in [-0.15, -0.1) is 0 Å². The van der Waals surface area contributed by atoms with Crippen LogP contribution in [0.25, 0.3) is 0 Å². The highest BCUT2D eigenvalue weighted by Crippen LogP contribution is 2.30. The minimum absolute atomic E-state index is 0.0832. The third-order valence-electron chi connectivity index (χ3n) is 5.68. The summed E-state index contributed by atoms with van der Waals surface area (Å²) in [5.41, 5.74) is 0. The van der Waals surface area contributed by atoms with E-state index in [0.717, 1.165) is 12.6 Å². The van der Waals surface area contributed by atoms with Crippen molar-refractivity contribution in [3.8, 4) is 0 Å². The summed E-state index contributed by atoms with van der Waals surface area (Å²) in [6.07, 6.45) is 9.21. The first-order valence-corrected chi connectivity index (χ1v) is 8.40. The van der Waals surface area contributed by atoms with Crippen LogP contribution in [-0.4, -0.2) is 59.3 Å². The summed E-state index contributed by atoms with van der Waals surface area (Å²) >= 11 is 0. The van der Waals surface area contributed by atoms with E-state index in [1.807, 2.05) is 0 Å². The van der Waals surface area contributed by atoms with Crippen LogP contribution in [0.3, 0.4) is 0 Å². The van der Waals surface area contributed by atoms with E-state index >= 15 is 0 Å². The van der Waals surface area contributed by atoms with E-state index in [2.05, 4.69) is 16.7 Å². The average Bonchev–Trinajstić information content (AvgIpc) is 2.93. The van der Waals surface area contributed by atoms with Gasteiger partial charge in [0, 0.05) is 31.7 Å². The molecule has 3 aliphatic rings. The number of β-amino-alcohol motifs (C(OH)–C–C–N with tert-alkyl or cyclic N) is 1. The smallest absolute Gasteiger partial charge is 0.0695 e. The predicted octanol–water partition coefficient (Wildman–Crippen LogP) is 2.10. The van der Waals surface area contributed by atoms with Crippen LogP contribution in [0.2, 0.25) is 0 Å². The Morgan fingerprint density at radius 2 is 1.79 bits per heavy atom. The number of hydrogen-bond acceptors (Lipinski definition) is 3. The summed E-state index contributed by atoms with van der Waals surface area (Å²) < 4.78 is 0. The van der Waals surface area contributed by atoms with Gasteiger partial charge in [-0.1, -0.05) is 19.3 Å². The molecule has 3 unspecified atom stereocenters. The maximum absolute atomic E-state index is 10.5. The number of piperazine rings is 1. The van der Waals surface area contributed by atoms with E-state index in [1.54, 1.807) is 0 Å². The van der Waals surface area contributed by atoms with Gasteiger partial charge in [0.25, 0.3) is 0 Å². The SMILES string of the molecule is CC1CN2CCCCC2CN1CC(O)C1CCCC1. The average molecular weight is 266 g/mol. The molecule has 110 valence electrons. The lowest BCUT2D eigenvalue weighted by Crippen LogP contribution is -2.60. The molecule has 3 nitrogen and oxygen atoms in total. The van der Waals surface area contributed by atoms with Crippen LogP contribution in [0, 0.1) is 5.92 Å². The van der Waals surface area contributed by atoms with Crippen LogP contribution in [0.1, 0.15) is 51.9 Å². The Hall–Kier alpha value is -0.120. The van der Waals surface area contributed by atoms with Crippen molar-refractivity contribution in [1.29, 1.82) is 0 Å². The van der Waals surface area contributed by atoms with Crippen molar-refractivity contribution >= 4 is 0 Å². The van der Waals surface area contributed by atoms with Crippen LogP contribution in [0.15, 0.2) is 0 Å². The predicted molar refractivity (Wildman–Crippen MR) is 78.2 cm³/mol. The molecule has 1 N–H and O–H groups in total. The first-order valence-electron chi connectivity index (χ1n) is 8.40. The highest BCUT2D eigenvalue weighted by atomic mass is 16.3. The van der Waals surface area contributed by atoms with Gasteiger partial charge >= 0.3 is 0 Å². The molecular weight excluding hydrogens is 236 g/mol. The molecule has 3 heteroatoms. The molecule has 0 amide bonds. The topological polar surface area (TPSA) is 26.7 Å². The van der Waals surface area contributed by atoms with Gasteiger partial charge in [-0.2, -0.15) is 0 Å². The van der Waals surface area contributed by atoms with Gasteiger partial charge in [-0.05, 0) is 45.1 Å². The highest BCUT2D eigenvalue weighted by Gasteiger charge is 2.34. The molecule has 0 spiro atoms. The van der Waals surface area contributed by atoms with Gasteiger partial charge < -0.3 is 5.11 Å². The van der Waals surface area contributed by atoms with Crippen LogP contribution >= 0.6 is 0 Å². The lowest BCUT2D eigenvalue weighted by molar-refractivity contribution is -0.0184. The Morgan fingerprint density at radius 1 is 1.05 bits per heavy atom. The van der Waals surface area contributed by atoms with Crippen LogP contribution in [0.4, 0.5) is 0 Å². The fraction of sp³-hybridized carbons (Fsp3) is 1.00. The Balaban J connectivity index is 1.54. The molecule has 19 heavy (non-hydrogen) atoms. The molecule has 1 saturated carbocycles. The standard InChI is InChI=1S/C16H30N2O/c1-13-10-17-9-5-4-8-15(17)11-18(13)12-16(19)14-6-2-3-7-14/h13-16,19H,2-12H2,1H3. The van der Waals surface area contributed by atoms with Crippen molar-refractivity contribution in [1.82, 2.24) is 9.80 Å². The summed E-state index contributed by atoms with van der Waals surface area (Å²) in [6.45, 7) is 6.95. The summed E-state index contributed by atoms with van der Waals surface area (Å²) in [5, 5.41) is 10.5.